The first-order valence-corrected chi connectivity index (χ1v) is 5.12. The summed E-state index contributed by atoms with van der Waals surface area (Å²) < 4.78 is 0. The number of hydrogen-bond acceptors (Lipinski definition) is 2. The number of carbonyl (C=O) groups excluding carboxylic acids is 1. The fourth-order valence-electron chi connectivity index (χ4n) is 1.13. The summed E-state index contributed by atoms with van der Waals surface area (Å²) in [4.78, 5) is 12.0. The van der Waals surface area contributed by atoms with Crippen LogP contribution in [0.15, 0.2) is 42.5 Å². The van der Waals surface area contributed by atoms with Gasteiger partial charge >= 0.3 is 0 Å². The molecule has 0 saturated carbocycles. The van der Waals surface area contributed by atoms with Gasteiger partial charge < -0.3 is 0 Å². The van der Waals surface area contributed by atoms with Crippen LogP contribution >= 0.6 is 0 Å². The van der Waals surface area contributed by atoms with E-state index in [2.05, 4.69) is 6.58 Å². The Bertz CT molecular complexity index is 396. The molecule has 0 aliphatic carbocycles. The van der Waals surface area contributed by atoms with Gasteiger partial charge in [0.2, 0.25) is 0 Å². The highest BCUT2D eigenvalue weighted by Gasteiger charge is 2.33. The Morgan fingerprint density at radius 1 is 1.31 bits per heavy atom. The van der Waals surface area contributed by atoms with Crippen LogP contribution in [0.2, 0.25) is 0 Å². The highest BCUT2D eigenvalue weighted by atomic mass is 16.5. The van der Waals surface area contributed by atoms with Gasteiger partial charge in [-0.15, -0.1) is 0 Å². The molecule has 0 atom stereocenters. The van der Waals surface area contributed by atoms with Crippen molar-refractivity contribution >= 4 is 11.6 Å². The van der Waals surface area contributed by atoms with Gasteiger partial charge in [-0.2, -0.15) is 5.06 Å². The van der Waals surface area contributed by atoms with Crippen molar-refractivity contribution in [3.05, 3.63) is 42.5 Å². The summed E-state index contributed by atoms with van der Waals surface area (Å²) >= 11 is 0. The summed E-state index contributed by atoms with van der Waals surface area (Å²) in [7, 11) is 0. The zero-order valence-electron chi connectivity index (χ0n) is 9.90. The van der Waals surface area contributed by atoms with Gasteiger partial charge in [-0.1, -0.05) is 30.4 Å². The molecule has 0 bridgehead atoms. The number of benzene rings is 1. The molecule has 3 heteroatoms. The summed E-state index contributed by atoms with van der Waals surface area (Å²) in [5.74, 6) is -0.383. The van der Waals surface area contributed by atoms with Gasteiger partial charge in [0.15, 0.2) is 0 Å². The van der Waals surface area contributed by atoms with Crippen molar-refractivity contribution in [3.63, 3.8) is 0 Å². The molecular formula is C13H17NO2. The van der Waals surface area contributed by atoms with Gasteiger partial charge in [0.1, 0.15) is 0 Å². The molecule has 0 saturated heterocycles. The van der Waals surface area contributed by atoms with Crippen molar-refractivity contribution in [2.45, 2.75) is 20.8 Å². The van der Waals surface area contributed by atoms with E-state index in [0.29, 0.717) is 16.3 Å². The summed E-state index contributed by atoms with van der Waals surface area (Å²) in [6.45, 7) is 9.02. The van der Waals surface area contributed by atoms with Gasteiger partial charge in [0, 0.05) is 0 Å². The largest absolute Gasteiger partial charge is 0.281 e. The SMILES string of the molecule is C=C(C)C(C)(C)C(=O)N(O)c1ccccc1. The first-order valence-electron chi connectivity index (χ1n) is 5.12. The maximum atomic E-state index is 12.0. The van der Waals surface area contributed by atoms with E-state index in [1.54, 1.807) is 45.0 Å². The topological polar surface area (TPSA) is 40.5 Å². The Morgan fingerprint density at radius 2 is 1.81 bits per heavy atom. The number of hydroxylamine groups is 1. The molecule has 1 aromatic carbocycles. The fraction of sp³-hybridized carbons (Fsp3) is 0.308. The third-order valence-electron chi connectivity index (χ3n) is 2.79. The lowest BCUT2D eigenvalue weighted by atomic mass is 9.85. The van der Waals surface area contributed by atoms with Crippen molar-refractivity contribution in [1.29, 1.82) is 0 Å². The molecule has 1 N–H and O–H groups in total. The van der Waals surface area contributed by atoms with Crippen LogP contribution in [0.4, 0.5) is 5.69 Å². The van der Waals surface area contributed by atoms with Crippen LogP contribution in [-0.2, 0) is 4.79 Å². The lowest BCUT2D eigenvalue weighted by Crippen LogP contribution is -2.39. The second-order valence-corrected chi connectivity index (χ2v) is 4.36. The first kappa shape index (κ1) is 12.5. The molecule has 0 aliphatic rings. The standard InChI is InChI=1S/C13H17NO2/c1-10(2)13(3,4)12(15)14(16)11-8-6-5-7-9-11/h5-9,16H,1H2,2-4H3. The van der Waals surface area contributed by atoms with Crippen molar-refractivity contribution in [3.8, 4) is 0 Å². The smallest absolute Gasteiger partial charge is 0.260 e. The average Bonchev–Trinajstić information content (AvgIpc) is 2.28. The molecule has 1 amide bonds. The Balaban J connectivity index is 2.96. The number of anilines is 1. The molecule has 0 spiro atoms. The van der Waals surface area contributed by atoms with E-state index < -0.39 is 5.41 Å². The lowest BCUT2D eigenvalue weighted by molar-refractivity contribution is -0.130. The quantitative estimate of drug-likeness (QED) is 0.482. The minimum absolute atomic E-state index is 0.383. The van der Waals surface area contributed by atoms with E-state index >= 15 is 0 Å². The molecule has 0 aliphatic heterocycles. The minimum atomic E-state index is -0.773. The van der Waals surface area contributed by atoms with E-state index in [-0.39, 0.29) is 5.91 Å². The molecule has 16 heavy (non-hydrogen) atoms. The maximum Gasteiger partial charge on any atom is 0.260 e. The molecule has 1 aromatic rings. The Morgan fingerprint density at radius 3 is 2.25 bits per heavy atom. The van der Waals surface area contributed by atoms with Crippen LogP contribution in [-0.4, -0.2) is 11.1 Å². The fourth-order valence-corrected chi connectivity index (χ4v) is 1.13. The molecule has 3 nitrogen and oxygen atoms in total. The molecule has 0 heterocycles. The van der Waals surface area contributed by atoms with Crippen molar-refractivity contribution in [2.24, 2.45) is 5.41 Å². The van der Waals surface area contributed by atoms with E-state index in [0.717, 1.165) is 0 Å². The van der Waals surface area contributed by atoms with Crippen molar-refractivity contribution in [2.75, 3.05) is 5.06 Å². The predicted octanol–water partition coefficient (Wildman–Crippen LogP) is 3.01. The average molecular weight is 219 g/mol. The summed E-state index contributed by atoms with van der Waals surface area (Å²) in [5.41, 5.74) is 0.402. The highest BCUT2D eigenvalue weighted by molar-refractivity contribution is 5.96. The van der Waals surface area contributed by atoms with Crippen LogP contribution < -0.4 is 5.06 Å². The normalized spacial score (nSPS) is 11.0. The van der Waals surface area contributed by atoms with Crippen LogP contribution in [0, 0.1) is 5.41 Å². The van der Waals surface area contributed by atoms with Crippen LogP contribution in [0.5, 0.6) is 0 Å². The number of hydrogen-bond donors (Lipinski definition) is 1. The van der Waals surface area contributed by atoms with Crippen LogP contribution in [0.25, 0.3) is 0 Å². The molecule has 0 unspecified atom stereocenters. The van der Waals surface area contributed by atoms with Gasteiger partial charge in [-0.05, 0) is 32.9 Å². The third-order valence-corrected chi connectivity index (χ3v) is 2.79. The maximum absolute atomic E-state index is 12.0. The Kier molecular flexibility index (Phi) is 3.50. The van der Waals surface area contributed by atoms with E-state index in [1.807, 2.05) is 6.07 Å². The predicted molar refractivity (Wildman–Crippen MR) is 64.3 cm³/mol. The zero-order valence-corrected chi connectivity index (χ0v) is 9.90. The zero-order chi connectivity index (χ0) is 12.3. The number of para-hydroxylation sites is 1. The third kappa shape index (κ3) is 2.31. The number of rotatable bonds is 3. The number of amides is 1. The molecular weight excluding hydrogens is 202 g/mol. The van der Waals surface area contributed by atoms with Crippen molar-refractivity contribution in [1.82, 2.24) is 0 Å². The lowest BCUT2D eigenvalue weighted by Gasteiger charge is -2.28. The second-order valence-electron chi connectivity index (χ2n) is 4.36. The van der Waals surface area contributed by atoms with Crippen LogP contribution in [0.1, 0.15) is 20.8 Å². The Hall–Kier alpha value is -1.61. The van der Waals surface area contributed by atoms with E-state index in [9.17, 15) is 10.0 Å². The molecule has 1 rings (SSSR count). The molecule has 86 valence electrons. The molecule has 0 aromatic heterocycles. The summed E-state index contributed by atoms with van der Waals surface area (Å²) in [5, 5.41) is 10.5. The minimum Gasteiger partial charge on any atom is -0.281 e. The first-order chi connectivity index (χ1) is 7.37. The van der Waals surface area contributed by atoms with Gasteiger partial charge in [-0.25, -0.2) is 0 Å². The van der Waals surface area contributed by atoms with Crippen LogP contribution in [0.3, 0.4) is 0 Å². The van der Waals surface area contributed by atoms with Gasteiger partial charge in [0.05, 0.1) is 11.1 Å². The number of carbonyl (C=O) groups is 1. The van der Waals surface area contributed by atoms with Crippen molar-refractivity contribution < 1.29 is 10.0 Å². The summed E-state index contributed by atoms with van der Waals surface area (Å²) in [6, 6.07) is 8.70. The molecule has 0 radical (unpaired) electrons. The summed E-state index contributed by atoms with van der Waals surface area (Å²) in [6.07, 6.45) is 0. The Labute approximate surface area is 96.0 Å². The van der Waals surface area contributed by atoms with E-state index in [4.69, 9.17) is 0 Å². The molecule has 0 fully saturated rings. The second kappa shape index (κ2) is 4.49. The highest BCUT2D eigenvalue weighted by Crippen LogP contribution is 2.28. The monoisotopic (exact) mass is 219 g/mol. The van der Waals surface area contributed by atoms with Gasteiger partial charge in [0.25, 0.3) is 5.91 Å². The van der Waals surface area contributed by atoms with E-state index in [1.165, 1.54) is 0 Å². The number of nitrogens with zero attached hydrogens (tertiary/aromatic N) is 1. The van der Waals surface area contributed by atoms with Gasteiger partial charge in [-0.3, -0.25) is 10.0 Å².